The number of carboxylic acid groups (broad SMARTS) is 1. The standard InChI is InChI=1S/C67H85FN8O16/c1-32(2)28-73-22-20-67(21-23-73)70-50-47-48-57(81)39(9)61-49(47)63(72-90-31-46(78)75-25-24-74(29-35(75)5)54-44(68)27-42-53(62(54)88-13)76(41-17-18-41)30-43(58(42)82)65(85)86)66(11,92-61)89-26-19-45(87-12)36(6)60(91-40(10)77)38(8)56(80)37(7)55(79)33(3)15-14-16-34(4)64(84)69-52(59(48)83)51(50)71-67/h14-16,19,26-27,30,32-33,35-38,41,45,55-56,60,79-81,83H,17-18,20-25,28-29,31H2,1-13H3,(H,69,84)(H,85,86)/b15-14+,26-19+,34-16-,72-63?/t33-,35?,36+,37+,38+,45-,55-,56+,60+,66-/m0/s1. The summed E-state index contributed by atoms with van der Waals surface area (Å²) >= 11 is 0. The molecule has 3 aromatic carbocycles. The molecule has 3 fully saturated rings. The molecule has 6 N–H and O–H groups in total. The summed E-state index contributed by atoms with van der Waals surface area (Å²) in [5, 5.41) is 66.3. The third kappa shape index (κ3) is 12.4. The molecule has 1 saturated carbocycles. The first-order chi connectivity index (χ1) is 43.5. The summed E-state index contributed by atoms with van der Waals surface area (Å²) in [7, 11) is 2.81. The van der Waals surface area contributed by atoms with Crippen LogP contribution in [0.3, 0.4) is 0 Å². The van der Waals surface area contributed by atoms with Gasteiger partial charge in [-0.3, -0.25) is 29.2 Å². The number of anilines is 2. The number of oxime groups is 1. The quantitative estimate of drug-likeness (QED) is 0.0529. The van der Waals surface area contributed by atoms with Gasteiger partial charge in [0.25, 0.3) is 17.6 Å². The summed E-state index contributed by atoms with van der Waals surface area (Å²) in [6, 6.07) is 0.362. The molecule has 0 radical (unpaired) electrons. The van der Waals surface area contributed by atoms with E-state index in [-0.39, 0.29) is 103 Å². The zero-order valence-electron chi connectivity index (χ0n) is 54.4. The predicted octanol–water partition coefficient (Wildman–Crippen LogP) is 6.52. The number of aliphatic hydroxyl groups is 2. The SMILES string of the molecule is COc1c(N2CCN(C(=O)CON=C3c4c5c(C)c(O)c6c(O)c(c7c(c46)=NC4(CCN(CC(C)C)CC4)N=7)NC(=O)/C(C)=C\C=C\[C@H](C)[C@H](O)[C@@H](C)[C@@H](O)[C@@H](C)[C@H](OC(C)=O)[C@H](C)[C@@H](OC)/C=C/O[C@@]3(C)O5)C(C)C2)c(F)cc2c(=O)c(C(=O)O)cn(C3CC3)c12. The number of rotatable bonds is 11. The Labute approximate surface area is 532 Å². The van der Waals surface area contributed by atoms with E-state index in [1.54, 1.807) is 87.1 Å². The average Bonchev–Trinajstić information content (AvgIpc) is 1.49. The number of carboxylic acids is 1. The van der Waals surface area contributed by atoms with Gasteiger partial charge in [-0.1, -0.05) is 64.9 Å². The van der Waals surface area contributed by atoms with Crippen LogP contribution in [0.2, 0.25) is 0 Å². The summed E-state index contributed by atoms with van der Waals surface area (Å²) in [5.74, 6) is -9.11. The highest BCUT2D eigenvalue weighted by molar-refractivity contribution is 6.21. The maximum atomic E-state index is 16.5. The van der Waals surface area contributed by atoms with Crippen molar-refractivity contribution in [1.82, 2.24) is 14.4 Å². The molecule has 4 aromatic rings. The number of methoxy groups -OCH3 is 2. The van der Waals surface area contributed by atoms with Gasteiger partial charge in [-0.15, -0.1) is 0 Å². The fourth-order valence-electron chi connectivity index (χ4n) is 13.8. The van der Waals surface area contributed by atoms with Crippen molar-refractivity contribution in [2.75, 3.05) is 70.3 Å². The van der Waals surface area contributed by atoms with E-state index in [1.807, 2.05) is 0 Å². The van der Waals surface area contributed by atoms with Crippen molar-refractivity contribution in [2.45, 2.75) is 150 Å². The minimum absolute atomic E-state index is 0.0504. The number of phenolic OH excluding ortho intramolecular Hbond substituents is 2. The predicted molar refractivity (Wildman–Crippen MR) is 339 cm³/mol. The van der Waals surface area contributed by atoms with Crippen LogP contribution < -0.4 is 35.8 Å². The number of likely N-dealkylation sites (tertiary alicyclic amines) is 1. The number of phenols is 2. The number of ether oxygens (including phenoxy) is 5. The lowest BCUT2D eigenvalue weighted by Crippen LogP contribution is -2.55. The minimum Gasteiger partial charge on any atom is -0.507 e. The molecule has 1 spiro atoms. The number of nitrogens with zero attached hydrogens (tertiary/aromatic N) is 7. The van der Waals surface area contributed by atoms with Crippen molar-refractivity contribution in [2.24, 2.45) is 44.7 Å². The number of esters is 1. The molecule has 92 heavy (non-hydrogen) atoms. The molecular formula is C67H85FN8O16. The van der Waals surface area contributed by atoms with Crippen molar-refractivity contribution in [1.29, 1.82) is 0 Å². The number of nitrogens with one attached hydrogen (secondary N) is 1. The number of aromatic nitrogens is 1. The molecule has 1 aliphatic carbocycles. The number of pyridine rings is 1. The van der Waals surface area contributed by atoms with Gasteiger partial charge in [0.05, 0.1) is 58.9 Å². The highest BCUT2D eigenvalue weighted by atomic mass is 19.1. The van der Waals surface area contributed by atoms with E-state index in [0.29, 0.717) is 31.8 Å². The minimum atomic E-state index is -1.98. The second kappa shape index (κ2) is 26.1. The fraction of sp³-hybridized carbons (Fsp3) is 0.552. The lowest BCUT2D eigenvalue weighted by molar-refractivity contribution is -0.160. The van der Waals surface area contributed by atoms with Gasteiger partial charge in [-0.2, -0.15) is 0 Å². The smallest absolute Gasteiger partial charge is 0.341 e. The van der Waals surface area contributed by atoms with Gasteiger partial charge in [0.2, 0.25) is 5.43 Å². The molecule has 10 atom stereocenters. The summed E-state index contributed by atoms with van der Waals surface area (Å²) in [4.78, 5) is 89.6. The van der Waals surface area contributed by atoms with Gasteiger partial charge in [-0.25, -0.2) is 9.18 Å². The highest BCUT2D eigenvalue weighted by Crippen LogP contribution is 2.51. The molecule has 6 heterocycles. The Morgan fingerprint density at radius 3 is 2.25 bits per heavy atom. The molecule has 2 amide bonds. The number of carbonyl (C=O) groups excluding carboxylic acids is 3. The van der Waals surface area contributed by atoms with Gasteiger partial charge < -0.3 is 78.6 Å². The number of piperidine rings is 1. The second-order valence-corrected chi connectivity index (χ2v) is 26.2. The van der Waals surface area contributed by atoms with Crippen molar-refractivity contribution in [3.63, 3.8) is 0 Å². The first kappa shape index (κ1) is 66.8. The Kier molecular flexibility index (Phi) is 18.9. The fourth-order valence-corrected chi connectivity index (χ4v) is 13.8. The molecule has 1 unspecified atom stereocenters. The molecule has 6 aliphatic rings. The number of piperazine rings is 1. The number of aromatic hydroxyl groups is 2. The van der Waals surface area contributed by atoms with Gasteiger partial charge in [0.15, 0.2) is 35.3 Å². The summed E-state index contributed by atoms with van der Waals surface area (Å²) in [6.45, 7) is 20.7. The van der Waals surface area contributed by atoms with E-state index in [2.05, 4.69) is 29.2 Å². The lowest BCUT2D eigenvalue weighted by Gasteiger charge is -2.41. The number of allylic oxidation sites excluding steroid dienone is 2. The third-order valence-corrected chi connectivity index (χ3v) is 19.1. The molecule has 25 heteroatoms. The Morgan fingerprint density at radius 2 is 1.62 bits per heavy atom. The van der Waals surface area contributed by atoms with Gasteiger partial charge in [-0.05, 0) is 51.7 Å². The number of hydrogen-bond donors (Lipinski definition) is 6. The van der Waals surface area contributed by atoms with Gasteiger partial charge in [0, 0.05) is 132 Å². The van der Waals surface area contributed by atoms with E-state index in [9.17, 15) is 49.5 Å². The molecule has 10 rings (SSSR count). The van der Waals surface area contributed by atoms with E-state index in [0.717, 1.165) is 25.5 Å². The number of carbonyl (C=O) groups is 4. The van der Waals surface area contributed by atoms with E-state index < -0.39 is 124 Å². The lowest BCUT2D eigenvalue weighted by atomic mass is 9.78. The van der Waals surface area contributed by atoms with Crippen LogP contribution in [0.15, 0.2) is 68.3 Å². The number of amides is 2. The average molecular weight is 1280 g/mol. The Balaban J connectivity index is 1.07. The maximum Gasteiger partial charge on any atom is 0.341 e. The highest BCUT2D eigenvalue weighted by Gasteiger charge is 2.50. The number of hydrogen-bond acceptors (Lipinski definition) is 20. The van der Waals surface area contributed by atoms with E-state index in [1.165, 1.54) is 40.5 Å². The molecule has 496 valence electrons. The monoisotopic (exact) mass is 1280 g/mol. The summed E-state index contributed by atoms with van der Waals surface area (Å²) < 4.78 is 49.3. The third-order valence-electron chi connectivity index (χ3n) is 19.1. The zero-order chi connectivity index (χ0) is 66.7. The van der Waals surface area contributed by atoms with Crippen molar-refractivity contribution < 1.29 is 77.6 Å². The van der Waals surface area contributed by atoms with Crippen LogP contribution in [0.4, 0.5) is 15.8 Å². The van der Waals surface area contributed by atoms with Crippen LogP contribution in [0.25, 0.3) is 21.7 Å². The molecule has 2 saturated heterocycles. The Bertz CT molecular complexity index is 3950. The number of halogens is 1. The summed E-state index contributed by atoms with van der Waals surface area (Å²) in [6.07, 6.45) is 7.28. The van der Waals surface area contributed by atoms with Crippen LogP contribution in [-0.2, 0) is 33.4 Å². The molecule has 24 nitrogen and oxygen atoms in total. The molecule has 1 aromatic heterocycles. The van der Waals surface area contributed by atoms with Crippen molar-refractivity contribution in [3.05, 3.63) is 91.8 Å². The number of benzene rings is 3. The van der Waals surface area contributed by atoms with Crippen LogP contribution >= 0.6 is 0 Å². The molecular weight excluding hydrogens is 1190 g/mol. The molecule has 5 bridgehead atoms. The first-order valence-corrected chi connectivity index (χ1v) is 31.5. The zero-order valence-corrected chi connectivity index (χ0v) is 54.4. The maximum absolute atomic E-state index is 16.5. The van der Waals surface area contributed by atoms with Crippen LogP contribution in [0.1, 0.15) is 122 Å². The number of aliphatic hydroxyl groups excluding tert-OH is 2. The molecule has 5 aliphatic heterocycles. The first-order valence-electron chi connectivity index (χ1n) is 31.5. The Hall–Kier alpha value is -8.13. The van der Waals surface area contributed by atoms with E-state index >= 15 is 4.39 Å². The normalized spacial score (nSPS) is 28.7. The largest absolute Gasteiger partial charge is 0.507 e. The van der Waals surface area contributed by atoms with Crippen LogP contribution in [0, 0.1) is 42.3 Å². The summed E-state index contributed by atoms with van der Waals surface area (Å²) in [5.41, 5.74) is -1.77. The number of aromatic carboxylic acids is 1. The Morgan fingerprint density at radius 1 is 0.924 bits per heavy atom. The van der Waals surface area contributed by atoms with Gasteiger partial charge in [0.1, 0.15) is 39.9 Å². The van der Waals surface area contributed by atoms with Crippen LogP contribution in [-0.4, -0.2) is 171 Å². The topological polar surface area (TPSA) is 306 Å². The van der Waals surface area contributed by atoms with Crippen LogP contribution in [0.5, 0.6) is 23.0 Å². The van der Waals surface area contributed by atoms with Crippen molar-refractivity contribution >= 4 is 62.5 Å². The van der Waals surface area contributed by atoms with E-state index in [4.69, 9.17) is 38.5 Å². The second-order valence-electron chi connectivity index (χ2n) is 26.2. The number of fused-ring (bicyclic) bond motifs is 5. The van der Waals surface area contributed by atoms with Crippen molar-refractivity contribution in [3.8, 4) is 23.0 Å². The van der Waals surface area contributed by atoms with Gasteiger partial charge >= 0.3 is 11.9 Å².